The molecule has 0 atom stereocenters. The fourth-order valence-corrected chi connectivity index (χ4v) is 5.64. The van der Waals surface area contributed by atoms with E-state index >= 15 is 0 Å². The standard InChI is InChI=1S/C11H3Br4N3OS2/c12-3-1-2(4(13)6(15)5(3)14)9(16)17-7(1)8-10(20)18-11(19)21-8/h(H2,16,17)(H,18,19,20). The van der Waals surface area contributed by atoms with Gasteiger partial charge in [-0.2, -0.15) is 0 Å². The van der Waals surface area contributed by atoms with E-state index in [0.717, 1.165) is 35.2 Å². The first kappa shape index (κ1) is 16.1. The highest BCUT2D eigenvalue weighted by Gasteiger charge is 2.35. The summed E-state index contributed by atoms with van der Waals surface area (Å²) in [5.74, 6) is 0.246. The lowest BCUT2D eigenvalue weighted by Crippen LogP contribution is -2.18. The van der Waals surface area contributed by atoms with Gasteiger partial charge in [-0.15, -0.1) is 0 Å². The molecule has 2 heterocycles. The van der Waals surface area contributed by atoms with Gasteiger partial charge in [-0.3, -0.25) is 10.2 Å². The van der Waals surface area contributed by atoms with Crippen molar-refractivity contribution in [2.45, 2.75) is 0 Å². The van der Waals surface area contributed by atoms with Crippen LogP contribution < -0.4 is 10.6 Å². The van der Waals surface area contributed by atoms with Crippen LogP contribution >= 0.6 is 87.7 Å². The summed E-state index contributed by atoms with van der Waals surface area (Å²) in [6, 6.07) is 0. The number of thiocarbonyl (C=S) groups is 1. The van der Waals surface area contributed by atoms with Gasteiger partial charge in [-0.1, -0.05) is 12.2 Å². The van der Waals surface area contributed by atoms with Gasteiger partial charge in [0, 0.05) is 29.0 Å². The second-order valence-electron chi connectivity index (χ2n) is 4.05. The number of hydrogen-bond acceptors (Lipinski definition) is 4. The van der Waals surface area contributed by atoms with Crippen LogP contribution in [-0.4, -0.2) is 16.1 Å². The highest BCUT2D eigenvalue weighted by atomic mass is 79.9. The number of benzene rings is 1. The Morgan fingerprint density at radius 2 is 1.52 bits per heavy atom. The number of halogens is 4. The first-order valence-corrected chi connectivity index (χ1v) is 9.72. The number of carbonyl (C=O) groups is 1. The van der Waals surface area contributed by atoms with Gasteiger partial charge in [0.2, 0.25) is 0 Å². The Labute approximate surface area is 162 Å². The number of rotatable bonds is 0. The van der Waals surface area contributed by atoms with Crippen LogP contribution in [-0.2, 0) is 0 Å². The van der Waals surface area contributed by atoms with Crippen molar-refractivity contribution in [3.05, 3.63) is 33.9 Å². The molecule has 10 heteroatoms. The quantitative estimate of drug-likeness (QED) is 0.174. The molecular weight excluding hydrogens is 574 g/mol. The predicted molar refractivity (Wildman–Crippen MR) is 103 cm³/mol. The van der Waals surface area contributed by atoms with Gasteiger partial charge in [0.25, 0.3) is 5.24 Å². The van der Waals surface area contributed by atoms with Crippen LogP contribution in [0, 0.1) is 5.41 Å². The molecule has 0 saturated carbocycles. The van der Waals surface area contributed by atoms with E-state index in [2.05, 4.69) is 74.4 Å². The predicted octanol–water partition coefficient (Wildman–Crippen LogP) is 5.12. The SMILES string of the molecule is N=C1NC(=C2SC(=O)NC2=S)c2c(Br)c(Br)c(Br)c(Br)c21. The zero-order chi connectivity index (χ0) is 15.5. The summed E-state index contributed by atoms with van der Waals surface area (Å²) in [7, 11) is 0. The largest absolute Gasteiger partial charge is 0.339 e. The summed E-state index contributed by atoms with van der Waals surface area (Å²) in [5.41, 5.74) is 2.16. The highest BCUT2D eigenvalue weighted by Crippen LogP contribution is 2.48. The number of fused-ring (bicyclic) bond motifs is 1. The van der Waals surface area contributed by atoms with Gasteiger partial charge in [0.15, 0.2) is 0 Å². The fraction of sp³-hybridized carbons (Fsp3) is 0. The molecule has 3 rings (SSSR count). The van der Waals surface area contributed by atoms with E-state index in [0.29, 0.717) is 21.2 Å². The average molecular weight is 577 g/mol. The van der Waals surface area contributed by atoms with E-state index in [4.69, 9.17) is 17.6 Å². The van der Waals surface area contributed by atoms with E-state index in [-0.39, 0.29) is 11.1 Å². The second kappa shape index (κ2) is 5.72. The zero-order valence-electron chi connectivity index (χ0n) is 9.74. The maximum absolute atomic E-state index is 11.5. The molecule has 3 N–H and O–H groups in total. The van der Waals surface area contributed by atoms with Crippen molar-refractivity contribution in [3.8, 4) is 0 Å². The minimum absolute atomic E-state index is 0.212. The molecule has 0 bridgehead atoms. The van der Waals surface area contributed by atoms with Crippen molar-refractivity contribution < 1.29 is 4.79 Å². The lowest BCUT2D eigenvalue weighted by atomic mass is 10.1. The number of hydrogen-bond donors (Lipinski definition) is 3. The Hall–Kier alpha value is 0.260. The van der Waals surface area contributed by atoms with Gasteiger partial charge < -0.3 is 10.6 Å². The molecule has 0 aliphatic carbocycles. The molecule has 1 fully saturated rings. The number of thioether (sulfide) groups is 1. The molecule has 0 aromatic heterocycles. The molecule has 1 aromatic rings. The second-order valence-corrected chi connectivity index (χ2v) is 8.62. The smallest absolute Gasteiger partial charge is 0.289 e. The van der Waals surface area contributed by atoms with E-state index < -0.39 is 0 Å². The number of nitrogens with one attached hydrogen (secondary N) is 3. The normalized spacial score (nSPS) is 20.7. The minimum Gasteiger partial charge on any atom is -0.339 e. The summed E-state index contributed by atoms with van der Waals surface area (Å²) in [6.45, 7) is 0. The zero-order valence-corrected chi connectivity index (χ0v) is 17.7. The third-order valence-electron chi connectivity index (χ3n) is 2.86. The fourth-order valence-electron chi connectivity index (χ4n) is 2.00. The Balaban J connectivity index is 2.36. The average Bonchev–Trinajstić information content (AvgIpc) is 2.93. The van der Waals surface area contributed by atoms with Crippen LogP contribution in [0.2, 0.25) is 0 Å². The van der Waals surface area contributed by atoms with Crippen LogP contribution in [0.4, 0.5) is 4.79 Å². The summed E-state index contributed by atoms with van der Waals surface area (Å²) in [4.78, 5) is 12.5. The van der Waals surface area contributed by atoms with E-state index in [9.17, 15) is 4.79 Å². The maximum Gasteiger partial charge on any atom is 0.289 e. The molecule has 108 valence electrons. The van der Waals surface area contributed by atoms with Crippen molar-refractivity contribution in [1.82, 2.24) is 10.6 Å². The minimum atomic E-state index is -0.212. The molecule has 1 aromatic carbocycles. The van der Waals surface area contributed by atoms with Crippen molar-refractivity contribution in [2.24, 2.45) is 0 Å². The third-order valence-corrected chi connectivity index (χ3v) is 8.96. The molecular formula is C11H3Br4N3OS2. The molecule has 1 saturated heterocycles. The first-order chi connectivity index (χ1) is 9.82. The lowest BCUT2D eigenvalue weighted by molar-refractivity contribution is 0.265. The van der Waals surface area contributed by atoms with E-state index in [1.165, 1.54) is 0 Å². The number of carbonyl (C=O) groups excluding carboxylic acids is 1. The van der Waals surface area contributed by atoms with Crippen LogP contribution in [0.3, 0.4) is 0 Å². The summed E-state index contributed by atoms with van der Waals surface area (Å²) >= 11 is 20.2. The summed E-state index contributed by atoms with van der Waals surface area (Å²) < 4.78 is 3.17. The van der Waals surface area contributed by atoms with Crippen molar-refractivity contribution in [1.29, 1.82) is 5.41 Å². The monoisotopic (exact) mass is 573 g/mol. The summed E-state index contributed by atoms with van der Waals surface area (Å²) in [5, 5.41) is 13.5. The van der Waals surface area contributed by atoms with Gasteiger partial charge in [0.05, 0.1) is 10.6 Å². The van der Waals surface area contributed by atoms with Gasteiger partial charge in [-0.25, -0.2) is 0 Å². The van der Waals surface area contributed by atoms with Crippen LogP contribution in [0.15, 0.2) is 22.8 Å². The highest BCUT2D eigenvalue weighted by molar-refractivity contribution is 9.15. The molecule has 0 unspecified atom stereocenters. The van der Waals surface area contributed by atoms with Crippen molar-refractivity contribution in [3.63, 3.8) is 0 Å². The van der Waals surface area contributed by atoms with Gasteiger partial charge >= 0.3 is 0 Å². The Bertz CT molecular complexity index is 790. The van der Waals surface area contributed by atoms with E-state index in [1.807, 2.05) is 0 Å². The topological polar surface area (TPSA) is 65.0 Å². The molecule has 2 aliphatic rings. The molecule has 0 spiro atoms. The van der Waals surface area contributed by atoms with Gasteiger partial charge in [-0.05, 0) is 75.5 Å². The van der Waals surface area contributed by atoms with Crippen molar-refractivity contribution >= 4 is 109 Å². The molecule has 1 amide bonds. The maximum atomic E-state index is 11.5. The van der Waals surface area contributed by atoms with Crippen LogP contribution in [0.5, 0.6) is 0 Å². The summed E-state index contributed by atoms with van der Waals surface area (Å²) in [6.07, 6.45) is 0. The number of amides is 1. The molecule has 0 radical (unpaired) electrons. The Kier molecular flexibility index (Phi) is 4.39. The Morgan fingerprint density at radius 1 is 0.952 bits per heavy atom. The number of amidine groups is 1. The molecule has 21 heavy (non-hydrogen) atoms. The van der Waals surface area contributed by atoms with E-state index in [1.54, 1.807) is 0 Å². The first-order valence-electron chi connectivity index (χ1n) is 5.32. The Morgan fingerprint density at radius 3 is 2.05 bits per heavy atom. The van der Waals surface area contributed by atoms with Crippen molar-refractivity contribution in [2.75, 3.05) is 0 Å². The third kappa shape index (κ3) is 2.47. The van der Waals surface area contributed by atoms with Crippen LogP contribution in [0.25, 0.3) is 5.70 Å². The van der Waals surface area contributed by atoms with Crippen LogP contribution in [0.1, 0.15) is 11.1 Å². The molecule has 4 nitrogen and oxygen atoms in total. The lowest BCUT2D eigenvalue weighted by Gasteiger charge is -2.11. The molecule has 2 aliphatic heterocycles. The van der Waals surface area contributed by atoms with Gasteiger partial charge in [0.1, 0.15) is 10.8 Å².